The number of anilines is 1. The predicted octanol–water partition coefficient (Wildman–Crippen LogP) is 2.18. The average molecular weight is 279 g/mol. The molecule has 1 aromatic carbocycles. The summed E-state index contributed by atoms with van der Waals surface area (Å²) in [6.07, 6.45) is 3.54. The van der Waals surface area contributed by atoms with Gasteiger partial charge in [-0.05, 0) is 31.5 Å². The molecule has 1 aromatic rings. The summed E-state index contributed by atoms with van der Waals surface area (Å²) in [6, 6.07) is 5.56. The molecule has 110 valence electrons. The Hall–Kier alpha value is -1.82. The Morgan fingerprint density at radius 1 is 1.50 bits per heavy atom. The van der Waals surface area contributed by atoms with Gasteiger partial charge in [0.2, 0.25) is 0 Å². The summed E-state index contributed by atoms with van der Waals surface area (Å²) in [5.41, 5.74) is 0.634. The van der Waals surface area contributed by atoms with Gasteiger partial charge in [0, 0.05) is 19.6 Å². The van der Waals surface area contributed by atoms with Crippen LogP contribution in [0, 0.1) is 10.1 Å². The van der Waals surface area contributed by atoms with Crippen LogP contribution >= 0.6 is 0 Å². The number of nitro groups is 1. The summed E-state index contributed by atoms with van der Waals surface area (Å²) in [6.45, 7) is 1.78. The highest BCUT2D eigenvalue weighted by atomic mass is 16.6. The molecule has 1 fully saturated rings. The first-order valence-electron chi connectivity index (χ1n) is 6.89. The second-order valence-corrected chi connectivity index (χ2v) is 5.11. The average Bonchev–Trinajstić information content (AvgIpc) is 2.47. The third-order valence-corrected chi connectivity index (χ3v) is 3.70. The van der Waals surface area contributed by atoms with Crippen LogP contribution in [0.2, 0.25) is 0 Å². The maximum Gasteiger partial charge on any atom is 0.333 e. The van der Waals surface area contributed by atoms with Gasteiger partial charge < -0.3 is 15.0 Å². The van der Waals surface area contributed by atoms with Gasteiger partial charge in [0.25, 0.3) is 0 Å². The lowest BCUT2D eigenvalue weighted by molar-refractivity contribution is -0.385. The van der Waals surface area contributed by atoms with Gasteiger partial charge in [0.1, 0.15) is 5.69 Å². The van der Waals surface area contributed by atoms with E-state index in [4.69, 9.17) is 4.74 Å². The van der Waals surface area contributed by atoms with Crippen molar-refractivity contribution in [2.75, 3.05) is 32.1 Å². The first-order chi connectivity index (χ1) is 9.63. The minimum atomic E-state index is -0.376. The van der Waals surface area contributed by atoms with Crippen LogP contribution in [0.3, 0.4) is 0 Å². The number of ether oxygens (including phenoxy) is 1. The molecule has 1 saturated heterocycles. The molecule has 0 bridgehead atoms. The molecule has 1 N–H and O–H groups in total. The van der Waals surface area contributed by atoms with Crippen LogP contribution in [0.5, 0.6) is 5.75 Å². The largest absolute Gasteiger partial charge is 0.490 e. The third kappa shape index (κ3) is 3.19. The molecule has 0 amide bonds. The molecule has 6 heteroatoms. The Balaban J connectivity index is 2.19. The number of likely N-dealkylation sites (N-methyl/N-ethyl adjacent to an activating group) is 1. The van der Waals surface area contributed by atoms with Crippen molar-refractivity contribution in [3.8, 4) is 5.75 Å². The Kier molecular flexibility index (Phi) is 4.79. The van der Waals surface area contributed by atoms with Gasteiger partial charge in [-0.2, -0.15) is 0 Å². The van der Waals surface area contributed by atoms with Gasteiger partial charge >= 0.3 is 5.69 Å². The number of hydrogen-bond acceptors (Lipinski definition) is 5. The summed E-state index contributed by atoms with van der Waals surface area (Å²) >= 11 is 0. The highest BCUT2D eigenvalue weighted by Crippen LogP contribution is 2.36. The van der Waals surface area contributed by atoms with E-state index < -0.39 is 0 Å². The van der Waals surface area contributed by atoms with Crippen molar-refractivity contribution in [1.82, 2.24) is 5.32 Å². The summed E-state index contributed by atoms with van der Waals surface area (Å²) < 4.78 is 5.10. The number of nitrogens with one attached hydrogen (secondary N) is 1. The highest BCUT2D eigenvalue weighted by molar-refractivity contribution is 5.69. The smallest absolute Gasteiger partial charge is 0.333 e. The number of para-hydroxylation sites is 1. The molecule has 20 heavy (non-hydrogen) atoms. The quantitative estimate of drug-likeness (QED) is 0.661. The molecule has 1 aliphatic rings. The second-order valence-electron chi connectivity index (χ2n) is 5.11. The van der Waals surface area contributed by atoms with E-state index in [1.54, 1.807) is 18.2 Å². The van der Waals surface area contributed by atoms with E-state index >= 15 is 0 Å². The monoisotopic (exact) mass is 279 g/mol. The van der Waals surface area contributed by atoms with E-state index in [9.17, 15) is 10.1 Å². The SMILES string of the molecule is COc1cccc(N(C)CC2CCCCN2)c1[N+](=O)[O-]. The van der Waals surface area contributed by atoms with Gasteiger partial charge in [0.05, 0.1) is 12.0 Å². The van der Waals surface area contributed by atoms with Gasteiger partial charge in [-0.1, -0.05) is 12.5 Å². The molecular formula is C14H21N3O3. The second kappa shape index (κ2) is 6.56. The molecule has 1 aliphatic heterocycles. The van der Waals surface area contributed by atoms with Crippen LogP contribution in [0.4, 0.5) is 11.4 Å². The maximum absolute atomic E-state index is 11.3. The molecule has 1 heterocycles. The Bertz CT molecular complexity index is 473. The van der Waals surface area contributed by atoms with E-state index in [1.165, 1.54) is 20.0 Å². The molecule has 6 nitrogen and oxygen atoms in total. The first kappa shape index (κ1) is 14.6. The van der Waals surface area contributed by atoms with E-state index in [0.717, 1.165) is 19.5 Å². The zero-order valence-corrected chi connectivity index (χ0v) is 12.0. The maximum atomic E-state index is 11.3. The summed E-state index contributed by atoms with van der Waals surface area (Å²) in [5.74, 6) is 0.302. The van der Waals surface area contributed by atoms with Crippen molar-refractivity contribution in [3.63, 3.8) is 0 Å². The van der Waals surface area contributed by atoms with Crippen molar-refractivity contribution >= 4 is 11.4 Å². The predicted molar refractivity (Wildman–Crippen MR) is 78.6 cm³/mol. The number of nitro benzene ring substituents is 1. The molecule has 0 radical (unpaired) electrons. The van der Waals surface area contributed by atoms with Crippen molar-refractivity contribution in [1.29, 1.82) is 0 Å². The van der Waals surface area contributed by atoms with Crippen molar-refractivity contribution in [2.45, 2.75) is 25.3 Å². The summed E-state index contributed by atoms with van der Waals surface area (Å²) in [7, 11) is 3.34. The zero-order chi connectivity index (χ0) is 14.5. The molecule has 0 aromatic heterocycles. The van der Waals surface area contributed by atoms with E-state index in [1.807, 2.05) is 11.9 Å². The molecule has 1 unspecified atom stereocenters. The number of benzene rings is 1. The van der Waals surface area contributed by atoms with Crippen LogP contribution in [-0.2, 0) is 0 Å². The molecule has 0 aliphatic carbocycles. The minimum absolute atomic E-state index is 0.0355. The molecule has 2 rings (SSSR count). The molecule has 0 spiro atoms. The van der Waals surface area contributed by atoms with Crippen molar-refractivity contribution < 1.29 is 9.66 Å². The zero-order valence-electron chi connectivity index (χ0n) is 12.0. The highest BCUT2D eigenvalue weighted by Gasteiger charge is 2.24. The van der Waals surface area contributed by atoms with Crippen LogP contribution in [0.15, 0.2) is 18.2 Å². The van der Waals surface area contributed by atoms with Crippen LogP contribution in [-0.4, -0.2) is 38.2 Å². The van der Waals surface area contributed by atoms with Gasteiger partial charge in [0.15, 0.2) is 5.75 Å². The topological polar surface area (TPSA) is 67.6 Å². The van der Waals surface area contributed by atoms with E-state index in [0.29, 0.717) is 17.5 Å². The number of rotatable bonds is 5. The lowest BCUT2D eigenvalue weighted by Crippen LogP contribution is -2.42. The Morgan fingerprint density at radius 2 is 2.30 bits per heavy atom. The standard InChI is InChI=1S/C14H21N3O3/c1-16(10-11-6-3-4-9-15-11)12-7-5-8-13(20-2)14(12)17(18)19/h5,7-8,11,15H,3-4,6,9-10H2,1-2H3. The van der Waals surface area contributed by atoms with Crippen LogP contribution in [0.25, 0.3) is 0 Å². The summed E-state index contributed by atoms with van der Waals surface area (Å²) in [4.78, 5) is 12.8. The fraction of sp³-hybridized carbons (Fsp3) is 0.571. The van der Waals surface area contributed by atoms with E-state index in [2.05, 4.69) is 5.32 Å². The molecule has 0 saturated carbocycles. The lowest BCUT2D eigenvalue weighted by atomic mass is 10.0. The first-order valence-corrected chi connectivity index (χ1v) is 6.89. The normalized spacial score (nSPS) is 18.6. The van der Waals surface area contributed by atoms with E-state index in [-0.39, 0.29) is 10.6 Å². The molecular weight excluding hydrogens is 258 g/mol. The van der Waals surface area contributed by atoms with Gasteiger partial charge in [-0.3, -0.25) is 10.1 Å². The van der Waals surface area contributed by atoms with Crippen LogP contribution < -0.4 is 15.0 Å². The van der Waals surface area contributed by atoms with Gasteiger partial charge in [-0.15, -0.1) is 0 Å². The number of piperidine rings is 1. The Morgan fingerprint density at radius 3 is 2.90 bits per heavy atom. The number of nitrogens with zero attached hydrogens (tertiary/aromatic N) is 2. The molecule has 1 atom stereocenters. The number of hydrogen-bond donors (Lipinski definition) is 1. The fourth-order valence-corrected chi connectivity index (χ4v) is 2.68. The third-order valence-electron chi connectivity index (χ3n) is 3.70. The van der Waals surface area contributed by atoms with Crippen molar-refractivity contribution in [3.05, 3.63) is 28.3 Å². The van der Waals surface area contributed by atoms with Crippen LogP contribution in [0.1, 0.15) is 19.3 Å². The van der Waals surface area contributed by atoms with Gasteiger partial charge in [-0.25, -0.2) is 0 Å². The number of methoxy groups -OCH3 is 1. The lowest BCUT2D eigenvalue weighted by Gasteiger charge is -2.29. The summed E-state index contributed by atoms with van der Waals surface area (Å²) in [5, 5.41) is 14.7. The minimum Gasteiger partial charge on any atom is -0.490 e. The Labute approximate surface area is 118 Å². The fourth-order valence-electron chi connectivity index (χ4n) is 2.68. The van der Waals surface area contributed by atoms with Crippen molar-refractivity contribution in [2.24, 2.45) is 0 Å².